The highest BCUT2D eigenvalue weighted by atomic mass is 16.2. The molecule has 1 aromatic carbocycles. The van der Waals surface area contributed by atoms with Gasteiger partial charge in [0.25, 0.3) is 0 Å². The van der Waals surface area contributed by atoms with Crippen molar-refractivity contribution in [2.75, 3.05) is 24.2 Å². The van der Waals surface area contributed by atoms with Crippen LogP contribution in [0, 0.1) is 0 Å². The average Bonchev–Trinajstić information content (AvgIpc) is 2.61. The molecular formula is C12H15N3O2. The number of nitrogen functional groups attached to an aromatic ring is 1. The third kappa shape index (κ3) is 2.14. The molecule has 0 unspecified atom stereocenters. The van der Waals surface area contributed by atoms with Crippen molar-refractivity contribution in [2.24, 2.45) is 0 Å². The standard InChI is InChI=1S/C12H15N3O2/c1-14-5-4-11(16)15-10-3-2-9(13)6-8(10)7-12(15)17/h2-3,6,14H,4-5,7,13H2,1H3. The molecule has 0 aliphatic carbocycles. The monoisotopic (exact) mass is 233 g/mol. The van der Waals surface area contributed by atoms with Crippen LogP contribution in [-0.2, 0) is 16.0 Å². The molecule has 0 aromatic heterocycles. The Morgan fingerprint density at radius 2 is 2.29 bits per heavy atom. The van der Waals surface area contributed by atoms with E-state index in [2.05, 4.69) is 5.32 Å². The van der Waals surface area contributed by atoms with E-state index in [1.807, 2.05) is 0 Å². The number of rotatable bonds is 3. The van der Waals surface area contributed by atoms with Gasteiger partial charge in [0.05, 0.1) is 12.1 Å². The van der Waals surface area contributed by atoms with Crippen LogP contribution in [0.2, 0.25) is 0 Å². The van der Waals surface area contributed by atoms with Crippen LogP contribution in [0.1, 0.15) is 12.0 Å². The second-order valence-electron chi connectivity index (χ2n) is 4.04. The fourth-order valence-electron chi connectivity index (χ4n) is 1.96. The number of nitrogens with one attached hydrogen (secondary N) is 1. The van der Waals surface area contributed by atoms with Crippen LogP contribution in [0.4, 0.5) is 11.4 Å². The molecule has 1 aliphatic heterocycles. The molecule has 1 aliphatic rings. The van der Waals surface area contributed by atoms with E-state index in [-0.39, 0.29) is 18.2 Å². The summed E-state index contributed by atoms with van der Waals surface area (Å²) in [6.45, 7) is 0.562. The number of nitrogens with zero attached hydrogens (tertiary/aromatic N) is 1. The number of anilines is 2. The Bertz CT molecular complexity index is 471. The predicted octanol–water partition coefficient (Wildman–Crippen LogP) is 0.294. The van der Waals surface area contributed by atoms with E-state index >= 15 is 0 Å². The molecule has 5 heteroatoms. The van der Waals surface area contributed by atoms with Crippen molar-refractivity contribution in [3.05, 3.63) is 23.8 Å². The lowest BCUT2D eigenvalue weighted by Gasteiger charge is -2.15. The highest BCUT2D eigenvalue weighted by Crippen LogP contribution is 2.30. The summed E-state index contributed by atoms with van der Waals surface area (Å²) < 4.78 is 0. The molecule has 90 valence electrons. The maximum absolute atomic E-state index is 11.9. The summed E-state index contributed by atoms with van der Waals surface area (Å²) in [5, 5.41) is 2.89. The van der Waals surface area contributed by atoms with Crippen molar-refractivity contribution < 1.29 is 9.59 Å². The van der Waals surface area contributed by atoms with Crippen molar-refractivity contribution in [2.45, 2.75) is 12.8 Å². The zero-order valence-corrected chi connectivity index (χ0v) is 9.69. The van der Waals surface area contributed by atoms with Crippen molar-refractivity contribution >= 4 is 23.2 Å². The Balaban J connectivity index is 2.25. The molecular weight excluding hydrogens is 218 g/mol. The summed E-state index contributed by atoms with van der Waals surface area (Å²) in [7, 11) is 1.77. The minimum absolute atomic E-state index is 0.173. The molecule has 0 atom stereocenters. The van der Waals surface area contributed by atoms with Gasteiger partial charge >= 0.3 is 0 Å². The third-order valence-electron chi connectivity index (χ3n) is 2.77. The van der Waals surface area contributed by atoms with E-state index in [4.69, 9.17) is 5.73 Å². The van der Waals surface area contributed by atoms with Crippen LogP contribution in [0.25, 0.3) is 0 Å². The number of amides is 2. The fraction of sp³-hybridized carbons (Fsp3) is 0.333. The number of carbonyl (C=O) groups is 2. The van der Waals surface area contributed by atoms with Gasteiger partial charge in [-0.25, -0.2) is 4.90 Å². The summed E-state index contributed by atoms with van der Waals surface area (Å²) in [6, 6.07) is 5.18. The van der Waals surface area contributed by atoms with Crippen molar-refractivity contribution in [3.63, 3.8) is 0 Å². The molecule has 0 bridgehead atoms. The first-order chi connectivity index (χ1) is 8.13. The van der Waals surface area contributed by atoms with E-state index in [9.17, 15) is 9.59 Å². The summed E-state index contributed by atoms with van der Waals surface area (Å²) in [4.78, 5) is 24.9. The zero-order valence-electron chi connectivity index (χ0n) is 9.69. The average molecular weight is 233 g/mol. The summed E-state index contributed by atoms with van der Waals surface area (Å²) in [5.74, 6) is -0.348. The van der Waals surface area contributed by atoms with Crippen molar-refractivity contribution in [1.29, 1.82) is 0 Å². The first-order valence-electron chi connectivity index (χ1n) is 5.52. The lowest BCUT2D eigenvalue weighted by atomic mass is 10.1. The van der Waals surface area contributed by atoms with Gasteiger partial charge in [-0.2, -0.15) is 0 Å². The Morgan fingerprint density at radius 1 is 1.53 bits per heavy atom. The molecule has 1 aromatic rings. The summed E-state index contributed by atoms with van der Waals surface area (Å²) in [5.41, 5.74) is 7.76. The Morgan fingerprint density at radius 3 is 3.00 bits per heavy atom. The minimum Gasteiger partial charge on any atom is -0.399 e. The van der Waals surface area contributed by atoms with Crippen LogP contribution in [-0.4, -0.2) is 25.4 Å². The number of hydrogen-bond acceptors (Lipinski definition) is 4. The van der Waals surface area contributed by atoms with Gasteiger partial charge in [-0.15, -0.1) is 0 Å². The van der Waals surface area contributed by atoms with Crippen LogP contribution in [0.15, 0.2) is 18.2 Å². The zero-order chi connectivity index (χ0) is 12.4. The quantitative estimate of drug-likeness (QED) is 0.736. The van der Waals surface area contributed by atoms with E-state index in [0.717, 1.165) is 5.56 Å². The molecule has 0 spiro atoms. The smallest absolute Gasteiger partial charge is 0.238 e. The molecule has 0 radical (unpaired) electrons. The maximum atomic E-state index is 11.9. The molecule has 3 N–H and O–H groups in total. The molecule has 2 rings (SSSR count). The predicted molar refractivity (Wildman–Crippen MR) is 65.6 cm³/mol. The summed E-state index contributed by atoms with van der Waals surface area (Å²) in [6.07, 6.45) is 0.567. The van der Waals surface area contributed by atoms with Gasteiger partial charge in [0.1, 0.15) is 0 Å². The first-order valence-corrected chi connectivity index (χ1v) is 5.52. The van der Waals surface area contributed by atoms with Crippen LogP contribution >= 0.6 is 0 Å². The molecule has 0 saturated carbocycles. The number of fused-ring (bicyclic) bond motifs is 1. The normalized spacial score (nSPS) is 13.9. The second-order valence-corrected chi connectivity index (χ2v) is 4.04. The van der Waals surface area contributed by atoms with E-state index in [1.54, 1.807) is 25.2 Å². The Hall–Kier alpha value is -1.88. The van der Waals surface area contributed by atoms with Gasteiger partial charge in [-0.05, 0) is 30.8 Å². The highest BCUT2D eigenvalue weighted by Gasteiger charge is 2.31. The van der Waals surface area contributed by atoms with Gasteiger partial charge < -0.3 is 11.1 Å². The number of carbonyl (C=O) groups excluding carboxylic acids is 2. The largest absolute Gasteiger partial charge is 0.399 e. The Kier molecular flexibility index (Phi) is 3.10. The fourth-order valence-corrected chi connectivity index (χ4v) is 1.96. The molecule has 0 fully saturated rings. The lowest BCUT2D eigenvalue weighted by molar-refractivity contribution is -0.125. The topological polar surface area (TPSA) is 75.4 Å². The third-order valence-corrected chi connectivity index (χ3v) is 2.77. The Labute approximate surface area is 99.6 Å². The van der Waals surface area contributed by atoms with Crippen LogP contribution in [0.3, 0.4) is 0 Å². The van der Waals surface area contributed by atoms with Crippen molar-refractivity contribution in [3.8, 4) is 0 Å². The minimum atomic E-state index is -0.174. The molecule has 5 nitrogen and oxygen atoms in total. The van der Waals surface area contributed by atoms with Gasteiger partial charge in [0.15, 0.2) is 0 Å². The number of imide groups is 1. The number of nitrogens with two attached hydrogens (primary N) is 1. The van der Waals surface area contributed by atoms with Crippen molar-refractivity contribution in [1.82, 2.24) is 5.32 Å². The first kappa shape index (κ1) is 11.6. The van der Waals surface area contributed by atoms with E-state index < -0.39 is 0 Å². The molecule has 1 heterocycles. The van der Waals surface area contributed by atoms with Gasteiger partial charge in [-0.1, -0.05) is 0 Å². The highest BCUT2D eigenvalue weighted by molar-refractivity contribution is 6.19. The van der Waals surface area contributed by atoms with Gasteiger partial charge in [0, 0.05) is 18.7 Å². The van der Waals surface area contributed by atoms with Crippen LogP contribution in [0.5, 0.6) is 0 Å². The van der Waals surface area contributed by atoms with Gasteiger partial charge in [-0.3, -0.25) is 9.59 Å². The number of hydrogen-bond donors (Lipinski definition) is 2. The van der Waals surface area contributed by atoms with Gasteiger partial charge in [0.2, 0.25) is 11.8 Å². The number of benzene rings is 1. The SMILES string of the molecule is CNCCC(=O)N1C(=O)Cc2cc(N)ccc21. The summed E-state index contributed by atoms with van der Waals surface area (Å²) >= 11 is 0. The van der Waals surface area contributed by atoms with E-state index in [1.165, 1.54) is 4.90 Å². The molecule has 0 saturated heterocycles. The maximum Gasteiger partial charge on any atom is 0.238 e. The van der Waals surface area contributed by atoms with E-state index in [0.29, 0.717) is 24.3 Å². The molecule has 17 heavy (non-hydrogen) atoms. The molecule has 2 amide bonds. The second kappa shape index (κ2) is 4.55. The lowest BCUT2D eigenvalue weighted by Crippen LogP contribution is -2.35. The van der Waals surface area contributed by atoms with Crippen LogP contribution < -0.4 is 16.0 Å².